The first-order valence-corrected chi connectivity index (χ1v) is 13.7. The highest BCUT2D eigenvalue weighted by Crippen LogP contribution is 2.36. The van der Waals surface area contributed by atoms with Crippen molar-refractivity contribution in [2.75, 3.05) is 6.54 Å². The number of imide groups is 1. The number of unbranched alkanes of at least 4 members (excludes halogenated alkanes) is 9. The van der Waals surface area contributed by atoms with E-state index < -0.39 is 0 Å². The van der Waals surface area contributed by atoms with E-state index in [1.807, 2.05) is 48.5 Å². The SMILES string of the molecule is CCCCCCCCCCCCN1C(=O)C(c2ccc(Br)cc2)=C(c2ccc(Br)cc2)C1=O. The summed E-state index contributed by atoms with van der Waals surface area (Å²) in [7, 11) is 0. The van der Waals surface area contributed by atoms with Gasteiger partial charge in [0.2, 0.25) is 0 Å². The molecule has 1 aliphatic heterocycles. The third-order valence-corrected chi connectivity index (χ3v) is 7.23. The number of rotatable bonds is 13. The molecule has 0 aliphatic carbocycles. The van der Waals surface area contributed by atoms with Crippen molar-refractivity contribution in [1.82, 2.24) is 4.90 Å². The largest absolute Gasteiger partial charge is 0.274 e. The molecule has 2 aromatic carbocycles. The van der Waals surface area contributed by atoms with E-state index in [9.17, 15) is 9.59 Å². The molecule has 0 spiro atoms. The molecule has 1 aliphatic rings. The summed E-state index contributed by atoms with van der Waals surface area (Å²) in [6.07, 6.45) is 12.2. The number of nitrogens with zero attached hydrogens (tertiary/aromatic N) is 1. The van der Waals surface area contributed by atoms with Crippen LogP contribution >= 0.6 is 31.9 Å². The minimum atomic E-state index is -0.184. The van der Waals surface area contributed by atoms with Crippen LogP contribution in [-0.4, -0.2) is 23.3 Å². The molecule has 0 N–H and O–H groups in total. The van der Waals surface area contributed by atoms with Crippen LogP contribution in [-0.2, 0) is 9.59 Å². The van der Waals surface area contributed by atoms with E-state index in [2.05, 4.69) is 38.8 Å². The topological polar surface area (TPSA) is 37.4 Å². The van der Waals surface area contributed by atoms with Crippen molar-refractivity contribution in [2.45, 2.75) is 71.1 Å². The van der Waals surface area contributed by atoms with Crippen molar-refractivity contribution >= 4 is 54.8 Å². The lowest BCUT2D eigenvalue weighted by Crippen LogP contribution is -2.32. The van der Waals surface area contributed by atoms with Gasteiger partial charge in [-0.15, -0.1) is 0 Å². The standard InChI is InChI=1S/C28H33Br2NO2/c1-2-3-4-5-6-7-8-9-10-11-20-31-27(32)25(21-12-16-23(29)17-13-21)26(28(31)33)22-14-18-24(30)19-15-22/h12-19H,2-11,20H2,1H3. The number of hydrogen-bond donors (Lipinski definition) is 0. The van der Waals surface area contributed by atoms with E-state index in [1.54, 1.807) is 0 Å². The van der Waals surface area contributed by atoms with Crippen LogP contribution in [0.3, 0.4) is 0 Å². The first-order chi connectivity index (χ1) is 16.0. The summed E-state index contributed by atoms with van der Waals surface area (Å²) < 4.78 is 1.88. The molecule has 3 nitrogen and oxygen atoms in total. The Balaban J connectivity index is 1.62. The van der Waals surface area contributed by atoms with Crippen molar-refractivity contribution < 1.29 is 9.59 Å². The van der Waals surface area contributed by atoms with Crippen LogP contribution in [0.2, 0.25) is 0 Å². The van der Waals surface area contributed by atoms with Gasteiger partial charge in [-0.2, -0.15) is 0 Å². The summed E-state index contributed by atoms with van der Waals surface area (Å²) in [5.74, 6) is -0.368. The molecule has 2 aromatic rings. The summed E-state index contributed by atoms with van der Waals surface area (Å²) in [6, 6.07) is 15.2. The van der Waals surface area contributed by atoms with Crippen LogP contribution in [0.1, 0.15) is 82.3 Å². The second-order valence-electron chi connectivity index (χ2n) is 8.71. The van der Waals surface area contributed by atoms with Crippen LogP contribution < -0.4 is 0 Å². The van der Waals surface area contributed by atoms with Crippen molar-refractivity contribution in [3.63, 3.8) is 0 Å². The molecule has 0 saturated heterocycles. The highest BCUT2D eigenvalue weighted by Gasteiger charge is 2.39. The maximum absolute atomic E-state index is 13.4. The molecule has 0 fully saturated rings. The summed E-state index contributed by atoms with van der Waals surface area (Å²) in [4.78, 5) is 28.2. The van der Waals surface area contributed by atoms with Gasteiger partial charge < -0.3 is 0 Å². The molecule has 0 radical (unpaired) electrons. The number of benzene rings is 2. The Hall–Kier alpha value is -1.72. The van der Waals surface area contributed by atoms with Crippen LogP contribution in [0.25, 0.3) is 11.1 Å². The van der Waals surface area contributed by atoms with E-state index in [-0.39, 0.29) is 11.8 Å². The zero-order valence-electron chi connectivity index (χ0n) is 19.4. The van der Waals surface area contributed by atoms with E-state index in [0.717, 1.165) is 39.3 Å². The van der Waals surface area contributed by atoms with Crippen LogP contribution in [0.4, 0.5) is 0 Å². The van der Waals surface area contributed by atoms with Gasteiger partial charge in [-0.25, -0.2) is 0 Å². The predicted molar refractivity (Wildman–Crippen MR) is 144 cm³/mol. The number of carbonyl (C=O) groups is 2. The summed E-state index contributed by atoms with van der Waals surface area (Å²) >= 11 is 6.91. The zero-order chi connectivity index (χ0) is 23.6. The third kappa shape index (κ3) is 7.13. The Morgan fingerprint density at radius 1 is 0.576 bits per heavy atom. The van der Waals surface area contributed by atoms with Gasteiger partial charge in [0, 0.05) is 15.5 Å². The molecule has 1 heterocycles. The fourth-order valence-electron chi connectivity index (χ4n) is 4.31. The normalized spacial score (nSPS) is 14.0. The van der Waals surface area contributed by atoms with Crippen molar-refractivity contribution in [3.05, 3.63) is 68.6 Å². The van der Waals surface area contributed by atoms with Gasteiger partial charge in [-0.1, -0.05) is 121 Å². The summed E-state index contributed by atoms with van der Waals surface area (Å²) in [5, 5.41) is 0. The molecular weight excluding hydrogens is 542 g/mol. The highest BCUT2D eigenvalue weighted by atomic mass is 79.9. The molecule has 0 unspecified atom stereocenters. The molecule has 2 amide bonds. The average Bonchev–Trinajstić information content (AvgIpc) is 3.06. The van der Waals surface area contributed by atoms with Crippen molar-refractivity contribution in [1.29, 1.82) is 0 Å². The number of halogens is 2. The second-order valence-corrected chi connectivity index (χ2v) is 10.5. The Morgan fingerprint density at radius 2 is 0.939 bits per heavy atom. The molecule has 33 heavy (non-hydrogen) atoms. The zero-order valence-corrected chi connectivity index (χ0v) is 22.6. The smallest absolute Gasteiger partial charge is 0.262 e. The van der Waals surface area contributed by atoms with Crippen molar-refractivity contribution in [3.8, 4) is 0 Å². The molecule has 0 saturated carbocycles. The first-order valence-electron chi connectivity index (χ1n) is 12.1. The van der Waals surface area contributed by atoms with Crippen LogP contribution in [0.15, 0.2) is 57.5 Å². The molecular formula is C28H33Br2NO2. The fraction of sp³-hybridized carbons (Fsp3) is 0.429. The molecule has 176 valence electrons. The lowest BCUT2D eigenvalue weighted by molar-refractivity contribution is -0.136. The van der Waals surface area contributed by atoms with Gasteiger partial charge in [0.1, 0.15) is 0 Å². The lowest BCUT2D eigenvalue weighted by Gasteiger charge is -2.15. The quantitative estimate of drug-likeness (QED) is 0.178. The monoisotopic (exact) mass is 573 g/mol. The molecule has 0 bridgehead atoms. The van der Waals surface area contributed by atoms with E-state index in [1.165, 1.54) is 49.8 Å². The maximum Gasteiger partial charge on any atom is 0.262 e. The number of hydrogen-bond acceptors (Lipinski definition) is 2. The van der Waals surface area contributed by atoms with E-state index in [4.69, 9.17) is 0 Å². The Morgan fingerprint density at radius 3 is 1.33 bits per heavy atom. The summed E-state index contributed by atoms with van der Waals surface area (Å²) in [5.41, 5.74) is 2.56. The lowest BCUT2D eigenvalue weighted by atomic mass is 9.96. The Bertz CT molecular complexity index is 897. The van der Waals surface area contributed by atoms with E-state index in [0.29, 0.717) is 17.7 Å². The third-order valence-electron chi connectivity index (χ3n) is 6.17. The van der Waals surface area contributed by atoms with Gasteiger partial charge in [0.25, 0.3) is 11.8 Å². The average molecular weight is 575 g/mol. The predicted octanol–water partition coefficient (Wildman–Crippen LogP) is 8.41. The maximum atomic E-state index is 13.4. The second kappa shape index (κ2) is 13.2. The fourth-order valence-corrected chi connectivity index (χ4v) is 4.83. The van der Waals surface area contributed by atoms with E-state index >= 15 is 0 Å². The van der Waals surface area contributed by atoms with Crippen molar-refractivity contribution in [2.24, 2.45) is 0 Å². The molecule has 5 heteroatoms. The van der Waals surface area contributed by atoms with Gasteiger partial charge in [-0.05, 0) is 41.8 Å². The Kier molecular flexibility index (Phi) is 10.4. The Labute approximate surface area is 214 Å². The van der Waals surface area contributed by atoms with Gasteiger partial charge in [-0.3, -0.25) is 14.5 Å². The van der Waals surface area contributed by atoms with Crippen LogP contribution in [0.5, 0.6) is 0 Å². The minimum Gasteiger partial charge on any atom is -0.274 e. The number of amides is 2. The van der Waals surface area contributed by atoms with Gasteiger partial charge in [0.05, 0.1) is 11.1 Å². The van der Waals surface area contributed by atoms with Gasteiger partial charge in [0.15, 0.2) is 0 Å². The highest BCUT2D eigenvalue weighted by molar-refractivity contribution is 9.10. The molecule has 0 aromatic heterocycles. The molecule has 3 rings (SSSR count). The van der Waals surface area contributed by atoms with Crippen LogP contribution in [0, 0.1) is 0 Å². The minimum absolute atomic E-state index is 0.184. The molecule has 0 atom stereocenters. The summed E-state index contributed by atoms with van der Waals surface area (Å²) in [6.45, 7) is 2.73. The van der Waals surface area contributed by atoms with Gasteiger partial charge >= 0.3 is 0 Å². The first kappa shape index (κ1) is 25.9. The number of carbonyl (C=O) groups excluding carboxylic acids is 2.